The van der Waals surface area contributed by atoms with E-state index in [4.69, 9.17) is 4.74 Å². The average molecular weight is 218 g/mol. The number of hydrogen-bond acceptors (Lipinski definition) is 2. The molecule has 0 saturated heterocycles. The molecule has 1 atom stereocenters. The maximum atomic E-state index is 5.71. The van der Waals surface area contributed by atoms with Crippen LogP contribution in [-0.2, 0) is 4.74 Å². The van der Waals surface area contributed by atoms with E-state index >= 15 is 0 Å². The predicted octanol–water partition coefficient (Wildman–Crippen LogP) is 3.93. The summed E-state index contributed by atoms with van der Waals surface area (Å²) in [6, 6.07) is 0. The average Bonchev–Trinajstić information content (AvgIpc) is 2.10. The van der Waals surface area contributed by atoms with Crippen LogP contribution in [0.4, 0.5) is 0 Å². The minimum Gasteiger partial charge on any atom is -0.379 e. The molecule has 14 heavy (non-hydrogen) atoms. The Labute approximate surface area is 95.0 Å². The first-order chi connectivity index (χ1) is 6.66. The van der Waals surface area contributed by atoms with Gasteiger partial charge in [0.05, 0.1) is 6.10 Å². The van der Waals surface area contributed by atoms with Gasteiger partial charge in [-0.05, 0) is 37.9 Å². The molecule has 1 nitrogen and oxygen atoms in total. The molecule has 0 amide bonds. The van der Waals surface area contributed by atoms with Gasteiger partial charge in [-0.25, -0.2) is 0 Å². The number of rotatable bonds is 9. The third-order valence-electron chi connectivity index (χ3n) is 2.26. The minimum absolute atomic E-state index is 0.430. The summed E-state index contributed by atoms with van der Waals surface area (Å²) in [7, 11) is 0. The summed E-state index contributed by atoms with van der Waals surface area (Å²) in [4.78, 5) is 0. The molecule has 0 aromatic rings. The highest BCUT2D eigenvalue weighted by Gasteiger charge is 2.04. The molecule has 0 radical (unpaired) electrons. The molecule has 2 heteroatoms. The van der Waals surface area contributed by atoms with Gasteiger partial charge in [0.1, 0.15) is 0 Å². The first kappa shape index (κ1) is 14.3. The summed E-state index contributed by atoms with van der Waals surface area (Å²) in [5, 5.41) is 0. The topological polar surface area (TPSA) is 9.23 Å². The zero-order valence-electron chi connectivity index (χ0n) is 9.96. The zero-order chi connectivity index (χ0) is 10.8. The third kappa shape index (κ3) is 10.4. The van der Waals surface area contributed by atoms with Gasteiger partial charge in [-0.3, -0.25) is 0 Å². The first-order valence-corrected chi connectivity index (χ1v) is 6.52. The summed E-state index contributed by atoms with van der Waals surface area (Å²) in [6.07, 6.45) is 6.64. The molecule has 0 aromatic heterocycles. The van der Waals surface area contributed by atoms with Crippen molar-refractivity contribution in [3.8, 4) is 0 Å². The van der Waals surface area contributed by atoms with Crippen molar-refractivity contribution in [3.05, 3.63) is 0 Å². The van der Waals surface area contributed by atoms with Crippen LogP contribution in [0.1, 0.15) is 52.9 Å². The van der Waals surface area contributed by atoms with Crippen molar-refractivity contribution in [1.29, 1.82) is 0 Å². The maximum absolute atomic E-state index is 5.71. The summed E-state index contributed by atoms with van der Waals surface area (Å²) in [6.45, 7) is 7.59. The van der Waals surface area contributed by atoms with Crippen LogP contribution in [0.5, 0.6) is 0 Å². The molecule has 0 bridgehead atoms. The Balaban J connectivity index is 3.10. The third-order valence-corrected chi connectivity index (χ3v) is 2.57. The zero-order valence-corrected chi connectivity index (χ0v) is 10.9. The molecule has 0 spiro atoms. The van der Waals surface area contributed by atoms with Crippen molar-refractivity contribution in [2.45, 2.75) is 59.0 Å². The standard InChI is InChI=1S/C12H26OS/c1-11(2)10-12(3)13-8-6-4-5-7-9-14/h11-12,14H,4-10H2,1-3H3. The number of hydrogen-bond donors (Lipinski definition) is 1. The normalized spacial score (nSPS) is 13.5. The van der Waals surface area contributed by atoms with Crippen LogP contribution in [0.2, 0.25) is 0 Å². The van der Waals surface area contributed by atoms with Crippen LogP contribution in [0.25, 0.3) is 0 Å². The lowest BCUT2D eigenvalue weighted by Crippen LogP contribution is -2.12. The molecule has 0 heterocycles. The Morgan fingerprint density at radius 1 is 1.00 bits per heavy atom. The van der Waals surface area contributed by atoms with Crippen LogP contribution in [-0.4, -0.2) is 18.5 Å². The van der Waals surface area contributed by atoms with Crippen LogP contribution >= 0.6 is 12.6 Å². The van der Waals surface area contributed by atoms with E-state index < -0.39 is 0 Å². The predicted molar refractivity (Wildman–Crippen MR) is 67.2 cm³/mol. The highest BCUT2D eigenvalue weighted by molar-refractivity contribution is 7.80. The van der Waals surface area contributed by atoms with Crippen molar-refractivity contribution in [2.75, 3.05) is 12.4 Å². The molecule has 0 aliphatic carbocycles. The van der Waals surface area contributed by atoms with Gasteiger partial charge in [0, 0.05) is 6.61 Å². The van der Waals surface area contributed by atoms with Crippen molar-refractivity contribution in [1.82, 2.24) is 0 Å². The van der Waals surface area contributed by atoms with Crippen molar-refractivity contribution >= 4 is 12.6 Å². The fraction of sp³-hybridized carbons (Fsp3) is 1.00. The van der Waals surface area contributed by atoms with Crippen molar-refractivity contribution in [2.24, 2.45) is 5.92 Å². The highest BCUT2D eigenvalue weighted by Crippen LogP contribution is 2.08. The molecule has 0 saturated carbocycles. The quantitative estimate of drug-likeness (QED) is 0.456. The lowest BCUT2D eigenvalue weighted by atomic mass is 10.1. The largest absolute Gasteiger partial charge is 0.379 e. The Hall–Kier alpha value is 0.310. The van der Waals surface area contributed by atoms with Gasteiger partial charge >= 0.3 is 0 Å². The fourth-order valence-corrected chi connectivity index (χ4v) is 1.81. The van der Waals surface area contributed by atoms with Crippen LogP contribution in [0, 0.1) is 5.92 Å². The summed E-state index contributed by atoms with van der Waals surface area (Å²) < 4.78 is 5.71. The molecule has 0 rings (SSSR count). The maximum Gasteiger partial charge on any atom is 0.0549 e. The molecule has 0 fully saturated rings. The molecular formula is C12H26OS. The van der Waals surface area contributed by atoms with Crippen LogP contribution < -0.4 is 0 Å². The van der Waals surface area contributed by atoms with Crippen molar-refractivity contribution in [3.63, 3.8) is 0 Å². The number of thiol groups is 1. The molecular weight excluding hydrogens is 192 g/mol. The second-order valence-corrected chi connectivity index (χ2v) is 4.90. The molecule has 0 aromatic carbocycles. The van der Waals surface area contributed by atoms with Crippen LogP contribution in [0.15, 0.2) is 0 Å². The second-order valence-electron chi connectivity index (χ2n) is 4.45. The molecule has 0 aliphatic heterocycles. The smallest absolute Gasteiger partial charge is 0.0549 e. The SMILES string of the molecule is CC(C)CC(C)OCCCCCCS. The van der Waals surface area contributed by atoms with E-state index in [0.717, 1.165) is 18.3 Å². The van der Waals surface area contributed by atoms with E-state index in [-0.39, 0.29) is 0 Å². The minimum atomic E-state index is 0.430. The van der Waals surface area contributed by atoms with Gasteiger partial charge in [0.15, 0.2) is 0 Å². The Morgan fingerprint density at radius 2 is 1.64 bits per heavy atom. The van der Waals surface area contributed by atoms with Gasteiger partial charge in [0.25, 0.3) is 0 Å². The summed E-state index contributed by atoms with van der Waals surface area (Å²) >= 11 is 4.18. The van der Waals surface area contributed by atoms with E-state index in [9.17, 15) is 0 Å². The lowest BCUT2D eigenvalue weighted by molar-refractivity contribution is 0.0495. The summed E-state index contributed by atoms with van der Waals surface area (Å²) in [5.41, 5.74) is 0. The van der Waals surface area contributed by atoms with Gasteiger partial charge in [0.2, 0.25) is 0 Å². The van der Waals surface area contributed by atoms with E-state index in [1.807, 2.05) is 0 Å². The van der Waals surface area contributed by atoms with Gasteiger partial charge in [-0.2, -0.15) is 12.6 Å². The monoisotopic (exact) mass is 218 g/mol. The van der Waals surface area contributed by atoms with Crippen LogP contribution in [0.3, 0.4) is 0 Å². The van der Waals surface area contributed by atoms with Gasteiger partial charge in [-0.1, -0.05) is 26.7 Å². The Kier molecular flexibility index (Phi) is 10.1. The van der Waals surface area contributed by atoms with E-state index in [1.165, 1.54) is 32.1 Å². The second kappa shape index (κ2) is 9.85. The summed E-state index contributed by atoms with van der Waals surface area (Å²) in [5.74, 6) is 1.76. The highest BCUT2D eigenvalue weighted by atomic mass is 32.1. The lowest BCUT2D eigenvalue weighted by Gasteiger charge is -2.14. The van der Waals surface area contributed by atoms with Gasteiger partial charge in [-0.15, -0.1) is 0 Å². The molecule has 0 N–H and O–H groups in total. The number of unbranched alkanes of at least 4 members (excludes halogenated alkanes) is 3. The molecule has 0 aliphatic rings. The van der Waals surface area contributed by atoms with Crippen molar-refractivity contribution < 1.29 is 4.74 Å². The Morgan fingerprint density at radius 3 is 2.21 bits per heavy atom. The van der Waals surface area contributed by atoms with E-state index in [1.54, 1.807) is 0 Å². The van der Waals surface area contributed by atoms with E-state index in [0.29, 0.717) is 6.10 Å². The first-order valence-electron chi connectivity index (χ1n) is 5.89. The number of ether oxygens (including phenoxy) is 1. The molecule has 1 unspecified atom stereocenters. The molecule has 86 valence electrons. The fourth-order valence-electron chi connectivity index (χ4n) is 1.58. The van der Waals surface area contributed by atoms with E-state index in [2.05, 4.69) is 33.4 Å². The van der Waals surface area contributed by atoms with Gasteiger partial charge < -0.3 is 4.74 Å². The Bertz CT molecular complexity index is 115.